The van der Waals surface area contributed by atoms with Crippen molar-refractivity contribution < 1.29 is 4.79 Å². The highest BCUT2D eigenvalue weighted by Crippen LogP contribution is 2.58. The molecule has 1 amide bonds. The van der Waals surface area contributed by atoms with Crippen LogP contribution in [0, 0.1) is 35.5 Å². The molecule has 2 unspecified atom stereocenters. The van der Waals surface area contributed by atoms with Crippen LogP contribution in [0.4, 0.5) is 0 Å². The van der Waals surface area contributed by atoms with Crippen LogP contribution in [0.25, 0.3) is 6.08 Å². The summed E-state index contributed by atoms with van der Waals surface area (Å²) in [4.78, 5) is 17.8. The van der Waals surface area contributed by atoms with Gasteiger partial charge in [-0.3, -0.25) is 4.79 Å². The summed E-state index contributed by atoms with van der Waals surface area (Å²) in [5.41, 5.74) is 1.19. The molecule has 6 rings (SSSR count). The largest absolute Gasteiger partial charge is 0.349 e. The van der Waals surface area contributed by atoms with Crippen molar-refractivity contribution in [3.05, 3.63) is 60.2 Å². The second-order valence-corrected chi connectivity index (χ2v) is 10.3. The lowest BCUT2D eigenvalue weighted by molar-refractivity contribution is -0.128. The lowest BCUT2D eigenvalue weighted by Crippen LogP contribution is -2.45. The lowest BCUT2D eigenvalue weighted by Gasteiger charge is -2.51. The minimum atomic E-state index is 0.0799. The summed E-state index contributed by atoms with van der Waals surface area (Å²) < 4.78 is 2.42. The standard InChI is InChI=1S/C27H33N3O/c1-17(18-5-3-2-4-6-18)29-27(31)24-10-9-19-20-11-13-25-23(21(20)7-8-22(19)24)12-14-26-28-15-16-30(25)26/h2-6,12,14-17,19-25H,7-11,13H2,1H3,(H,29,31)/t17?,19-,20-,21-,22-,23+,24+,25?/m0/s1. The van der Waals surface area contributed by atoms with E-state index in [1.54, 1.807) is 0 Å². The summed E-state index contributed by atoms with van der Waals surface area (Å²) in [5, 5.41) is 3.34. The molecule has 0 radical (unpaired) electrons. The van der Waals surface area contributed by atoms with Crippen molar-refractivity contribution in [1.29, 1.82) is 0 Å². The van der Waals surface area contributed by atoms with Crippen LogP contribution in [0.3, 0.4) is 0 Å². The highest BCUT2D eigenvalue weighted by Gasteiger charge is 2.52. The fourth-order valence-corrected chi connectivity index (χ4v) is 7.71. The molecule has 2 heterocycles. The zero-order valence-electron chi connectivity index (χ0n) is 18.4. The first-order valence-electron chi connectivity index (χ1n) is 12.3. The minimum absolute atomic E-state index is 0.0799. The molecule has 4 heteroatoms. The Labute approximate surface area is 185 Å². The average molecular weight is 416 g/mol. The molecular formula is C27H33N3O. The smallest absolute Gasteiger partial charge is 0.223 e. The number of allylic oxidation sites excluding steroid dienone is 1. The van der Waals surface area contributed by atoms with Gasteiger partial charge < -0.3 is 9.88 Å². The van der Waals surface area contributed by atoms with Crippen LogP contribution < -0.4 is 5.32 Å². The molecule has 1 aliphatic heterocycles. The van der Waals surface area contributed by atoms with E-state index in [4.69, 9.17) is 0 Å². The molecule has 0 spiro atoms. The molecule has 3 aliphatic carbocycles. The maximum atomic E-state index is 13.2. The topological polar surface area (TPSA) is 46.9 Å². The van der Waals surface area contributed by atoms with Gasteiger partial charge in [0.25, 0.3) is 0 Å². The summed E-state index contributed by atoms with van der Waals surface area (Å²) in [5.74, 6) is 5.15. The van der Waals surface area contributed by atoms with Gasteiger partial charge in [-0.1, -0.05) is 36.4 Å². The van der Waals surface area contributed by atoms with Gasteiger partial charge in [-0.25, -0.2) is 4.98 Å². The summed E-state index contributed by atoms with van der Waals surface area (Å²) in [6, 6.07) is 11.0. The quantitative estimate of drug-likeness (QED) is 0.729. The van der Waals surface area contributed by atoms with Crippen LogP contribution in [-0.4, -0.2) is 15.5 Å². The van der Waals surface area contributed by atoms with E-state index in [9.17, 15) is 4.79 Å². The molecule has 3 saturated carbocycles. The monoisotopic (exact) mass is 415 g/mol. The first kappa shape index (κ1) is 19.3. The van der Waals surface area contributed by atoms with Gasteiger partial charge in [0.1, 0.15) is 5.82 Å². The Morgan fingerprint density at radius 1 is 1.00 bits per heavy atom. The first-order chi connectivity index (χ1) is 15.2. The summed E-state index contributed by atoms with van der Waals surface area (Å²) in [6.45, 7) is 2.11. The van der Waals surface area contributed by atoms with Crippen LogP contribution in [-0.2, 0) is 4.79 Å². The number of fused-ring (bicyclic) bond motifs is 7. The zero-order chi connectivity index (χ0) is 20.9. The molecular weight excluding hydrogens is 382 g/mol. The van der Waals surface area contributed by atoms with Gasteiger partial charge in [-0.2, -0.15) is 0 Å². The summed E-state index contributed by atoms with van der Waals surface area (Å²) in [6.07, 6.45) is 16.2. The van der Waals surface area contributed by atoms with Crippen molar-refractivity contribution in [3.63, 3.8) is 0 Å². The summed E-state index contributed by atoms with van der Waals surface area (Å²) >= 11 is 0. The minimum Gasteiger partial charge on any atom is -0.349 e. The third-order valence-corrected chi connectivity index (χ3v) is 9.06. The number of carbonyl (C=O) groups excluding carboxylic acids is 1. The number of nitrogens with zero attached hydrogens (tertiary/aromatic N) is 2. The van der Waals surface area contributed by atoms with E-state index < -0.39 is 0 Å². The number of imidazole rings is 1. The Balaban J connectivity index is 1.15. The molecule has 8 atom stereocenters. The van der Waals surface area contributed by atoms with Gasteiger partial charge in [0.15, 0.2) is 0 Å². The predicted molar refractivity (Wildman–Crippen MR) is 122 cm³/mol. The van der Waals surface area contributed by atoms with Crippen molar-refractivity contribution in [2.75, 3.05) is 0 Å². The van der Waals surface area contributed by atoms with Crippen molar-refractivity contribution in [2.24, 2.45) is 35.5 Å². The van der Waals surface area contributed by atoms with Gasteiger partial charge >= 0.3 is 0 Å². The molecule has 0 bridgehead atoms. The van der Waals surface area contributed by atoms with Crippen molar-refractivity contribution in [2.45, 2.75) is 57.5 Å². The summed E-state index contributed by atoms with van der Waals surface area (Å²) in [7, 11) is 0. The molecule has 1 N–H and O–H groups in total. The number of hydrogen-bond donors (Lipinski definition) is 1. The second kappa shape index (κ2) is 7.65. The maximum absolute atomic E-state index is 13.2. The molecule has 2 aromatic rings. The number of benzene rings is 1. The lowest BCUT2D eigenvalue weighted by atomic mass is 9.56. The Morgan fingerprint density at radius 3 is 2.61 bits per heavy atom. The van der Waals surface area contributed by atoms with E-state index in [-0.39, 0.29) is 17.9 Å². The fraction of sp³-hybridized carbons (Fsp3) is 0.556. The Kier molecular flexibility index (Phi) is 4.77. The molecule has 3 fully saturated rings. The van der Waals surface area contributed by atoms with Crippen LogP contribution in [0.1, 0.15) is 68.9 Å². The predicted octanol–water partition coefficient (Wildman–Crippen LogP) is 5.41. The fourth-order valence-electron chi connectivity index (χ4n) is 7.71. The SMILES string of the molecule is CC(NC(=O)[C@@H]1CC[C@H]2[C@@H]3CCC4[C@H](C=Cc5nccn54)[C@H]3CC[C@@H]21)c1ccccc1. The van der Waals surface area contributed by atoms with Gasteiger partial charge in [-0.15, -0.1) is 0 Å². The number of amides is 1. The third-order valence-electron chi connectivity index (χ3n) is 9.06. The van der Waals surface area contributed by atoms with Crippen LogP contribution in [0.5, 0.6) is 0 Å². The molecule has 4 nitrogen and oxygen atoms in total. The van der Waals surface area contributed by atoms with E-state index in [1.165, 1.54) is 37.7 Å². The molecule has 31 heavy (non-hydrogen) atoms. The van der Waals surface area contributed by atoms with Gasteiger partial charge in [0.2, 0.25) is 5.91 Å². The van der Waals surface area contributed by atoms with Gasteiger partial charge in [0.05, 0.1) is 6.04 Å². The van der Waals surface area contributed by atoms with E-state index in [0.29, 0.717) is 17.9 Å². The number of nitrogens with one attached hydrogen (secondary N) is 1. The Bertz CT molecular complexity index is 979. The van der Waals surface area contributed by atoms with E-state index in [1.807, 2.05) is 24.4 Å². The van der Waals surface area contributed by atoms with Crippen LogP contribution in [0.15, 0.2) is 48.8 Å². The second-order valence-electron chi connectivity index (χ2n) is 10.3. The third kappa shape index (κ3) is 3.18. The average Bonchev–Trinajstić information content (AvgIpc) is 3.46. The number of carbonyl (C=O) groups is 1. The van der Waals surface area contributed by atoms with Crippen molar-refractivity contribution in [1.82, 2.24) is 14.9 Å². The van der Waals surface area contributed by atoms with Crippen LogP contribution >= 0.6 is 0 Å². The Hall–Kier alpha value is -2.36. The van der Waals surface area contributed by atoms with E-state index >= 15 is 0 Å². The van der Waals surface area contributed by atoms with E-state index in [0.717, 1.165) is 30.0 Å². The Morgan fingerprint density at radius 2 is 1.74 bits per heavy atom. The van der Waals surface area contributed by atoms with Gasteiger partial charge in [-0.05, 0) is 80.8 Å². The van der Waals surface area contributed by atoms with E-state index in [2.05, 4.69) is 52.3 Å². The molecule has 0 saturated heterocycles. The van der Waals surface area contributed by atoms with Crippen LogP contribution in [0.2, 0.25) is 0 Å². The normalized spacial score (nSPS) is 36.6. The molecule has 1 aromatic carbocycles. The number of rotatable bonds is 3. The molecule has 4 aliphatic rings. The zero-order valence-corrected chi connectivity index (χ0v) is 18.4. The van der Waals surface area contributed by atoms with Crippen molar-refractivity contribution in [3.8, 4) is 0 Å². The number of aromatic nitrogens is 2. The maximum Gasteiger partial charge on any atom is 0.223 e. The molecule has 1 aromatic heterocycles. The van der Waals surface area contributed by atoms with Gasteiger partial charge in [0, 0.05) is 30.3 Å². The highest BCUT2D eigenvalue weighted by atomic mass is 16.2. The first-order valence-corrected chi connectivity index (χ1v) is 12.3. The number of hydrogen-bond acceptors (Lipinski definition) is 2. The highest BCUT2D eigenvalue weighted by molar-refractivity contribution is 5.79. The molecule has 162 valence electrons. The van der Waals surface area contributed by atoms with Crippen molar-refractivity contribution >= 4 is 12.0 Å².